The predicted molar refractivity (Wildman–Crippen MR) is 70.0 cm³/mol. The molecule has 1 atom stereocenters. The number of methoxy groups -OCH3 is 1. The van der Waals surface area contributed by atoms with E-state index >= 15 is 0 Å². The van der Waals surface area contributed by atoms with Crippen LogP contribution in [0.15, 0.2) is 11.5 Å². The van der Waals surface area contributed by atoms with E-state index in [1.54, 1.807) is 6.33 Å². The summed E-state index contributed by atoms with van der Waals surface area (Å²) in [5, 5.41) is 19.9. The number of rotatable bonds is 7. The monoisotopic (exact) mass is 300 g/mol. The van der Waals surface area contributed by atoms with Crippen LogP contribution in [0.4, 0.5) is 0 Å². The van der Waals surface area contributed by atoms with Crippen LogP contribution >= 0.6 is 11.8 Å². The van der Waals surface area contributed by atoms with Gasteiger partial charge in [-0.3, -0.25) is 4.79 Å². The van der Waals surface area contributed by atoms with Crippen LogP contribution in [0.5, 0.6) is 0 Å². The highest BCUT2D eigenvalue weighted by atomic mass is 32.2. The lowest BCUT2D eigenvalue weighted by molar-refractivity contribution is -0.145. The number of hydrogen-bond donors (Lipinski definition) is 2. The van der Waals surface area contributed by atoms with Crippen molar-refractivity contribution in [3.63, 3.8) is 0 Å². The third-order valence-corrected chi connectivity index (χ3v) is 3.77. The normalized spacial score (nSPS) is 15.7. The molecular formula is C11H16N4O4S. The predicted octanol–water partition coefficient (Wildman–Crippen LogP) is -0.645. The van der Waals surface area contributed by atoms with E-state index in [1.807, 2.05) is 4.57 Å². The molecule has 1 aromatic rings. The van der Waals surface area contributed by atoms with Crippen molar-refractivity contribution in [1.82, 2.24) is 20.1 Å². The van der Waals surface area contributed by atoms with Crippen LogP contribution < -0.4 is 5.32 Å². The maximum atomic E-state index is 11.7. The second-order valence-electron chi connectivity index (χ2n) is 4.37. The van der Waals surface area contributed by atoms with Crippen LogP contribution in [0.2, 0.25) is 0 Å². The third-order valence-electron chi connectivity index (χ3n) is 2.82. The van der Waals surface area contributed by atoms with Gasteiger partial charge in [-0.05, 0) is 12.8 Å². The second-order valence-corrected chi connectivity index (χ2v) is 5.31. The van der Waals surface area contributed by atoms with Gasteiger partial charge in [0.25, 0.3) is 0 Å². The highest BCUT2D eigenvalue weighted by molar-refractivity contribution is 7.99. The SMILES string of the molecule is COC(=O)C(CO)NC(=O)CSc1nncn1C1CC1. The van der Waals surface area contributed by atoms with E-state index in [1.165, 1.54) is 18.9 Å². The number of aromatic nitrogens is 3. The molecule has 1 aromatic heterocycles. The van der Waals surface area contributed by atoms with E-state index in [0.717, 1.165) is 12.8 Å². The lowest BCUT2D eigenvalue weighted by Gasteiger charge is -2.13. The molecule has 110 valence electrons. The highest BCUT2D eigenvalue weighted by Gasteiger charge is 2.27. The van der Waals surface area contributed by atoms with Crippen LogP contribution in [0.25, 0.3) is 0 Å². The number of carbonyl (C=O) groups is 2. The summed E-state index contributed by atoms with van der Waals surface area (Å²) in [4.78, 5) is 22.9. The van der Waals surface area contributed by atoms with E-state index in [4.69, 9.17) is 5.11 Å². The van der Waals surface area contributed by atoms with Crippen LogP contribution in [-0.4, -0.2) is 57.3 Å². The van der Waals surface area contributed by atoms with Crippen LogP contribution in [-0.2, 0) is 14.3 Å². The van der Waals surface area contributed by atoms with Gasteiger partial charge in [0.2, 0.25) is 5.91 Å². The minimum absolute atomic E-state index is 0.0961. The number of nitrogens with one attached hydrogen (secondary N) is 1. The maximum Gasteiger partial charge on any atom is 0.330 e. The molecule has 1 unspecified atom stereocenters. The lowest BCUT2D eigenvalue weighted by Crippen LogP contribution is -2.44. The van der Waals surface area contributed by atoms with E-state index in [0.29, 0.717) is 11.2 Å². The first-order valence-corrected chi connectivity index (χ1v) is 7.14. The standard InChI is InChI=1S/C11H16N4O4S/c1-19-10(18)8(4-16)13-9(17)5-20-11-14-12-6-15(11)7-2-3-7/h6-8,16H,2-5H2,1H3,(H,13,17). The molecule has 2 N–H and O–H groups in total. The van der Waals surface area contributed by atoms with Gasteiger partial charge in [0, 0.05) is 6.04 Å². The van der Waals surface area contributed by atoms with Crippen molar-refractivity contribution >= 4 is 23.6 Å². The molecule has 1 saturated carbocycles. The van der Waals surface area contributed by atoms with Crippen molar-refractivity contribution in [3.05, 3.63) is 6.33 Å². The fraction of sp³-hybridized carbons (Fsp3) is 0.636. The first-order valence-electron chi connectivity index (χ1n) is 6.16. The second kappa shape index (κ2) is 6.71. The van der Waals surface area contributed by atoms with Crippen molar-refractivity contribution in [3.8, 4) is 0 Å². The summed E-state index contributed by atoms with van der Waals surface area (Å²) in [5.74, 6) is -0.948. The van der Waals surface area contributed by atoms with Gasteiger partial charge in [-0.1, -0.05) is 11.8 Å². The molecule has 0 saturated heterocycles. The van der Waals surface area contributed by atoms with Gasteiger partial charge in [-0.2, -0.15) is 0 Å². The van der Waals surface area contributed by atoms with E-state index in [-0.39, 0.29) is 11.7 Å². The summed E-state index contributed by atoms with van der Waals surface area (Å²) in [6, 6.07) is -0.592. The van der Waals surface area contributed by atoms with Crippen LogP contribution in [0.1, 0.15) is 18.9 Å². The van der Waals surface area contributed by atoms with Crippen molar-refractivity contribution in [2.24, 2.45) is 0 Å². The minimum Gasteiger partial charge on any atom is -0.467 e. The van der Waals surface area contributed by atoms with E-state index in [9.17, 15) is 9.59 Å². The Kier molecular flexibility index (Phi) is 4.96. The van der Waals surface area contributed by atoms with Crippen LogP contribution in [0, 0.1) is 0 Å². The number of hydrogen-bond acceptors (Lipinski definition) is 7. The average molecular weight is 300 g/mol. The molecule has 2 rings (SSSR count). The van der Waals surface area contributed by atoms with Gasteiger partial charge in [0.1, 0.15) is 6.33 Å². The molecule has 0 aromatic carbocycles. The van der Waals surface area contributed by atoms with E-state index < -0.39 is 18.6 Å². The van der Waals surface area contributed by atoms with Gasteiger partial charge in [0.15, 0.2) is 11.2 Å². The highest BCUT2D eigenvalue weighted by Crippen LogP contribution is 2.37. The Morgan fingerprint density at radius 2 is 2.40 bits per heavy atom. The molecule has 20 heavy (non-hydrogen) atoms. The number of nitrogens with zero attached hydrogens (tertiary/aromatic N) is 3. The Balaban J connectivity index is 1.82. The number of thioether (sulfide) groups is 1. The zero-order valence-electron chi connectivity index (χ0n) is 11.0. The molecule has 0 radical (unpaired) electrons. The molecule has 0 spiro atoms. The largest absolute Gasteiger partial charge is 0.467 e. The fourth-order valence-electron chi connectivity index (χ4n) is 1.63. The Hall–Kier alpha value is -1.61. The Labute approximate surface area is 119 Å². The quantitative estimate of drug-likeness (QED) is 0.509. The maximum absolute atomic E-state index is 11.7. The Morgan fingerprint density at radius 3 is 3.00 bits per heavy atom. The van der Waals surface area contributed by atoms with Gasteiger partial charge in [-0.25, -0.2) is 4.79 Å². The molecule has 0 aliphatic heterocycles. The van der Waals surface area contributed by atoms with Gasteiger partial charge < -0.3 is 19.7 Å². The number of amides is 1. The summed E-state index contributed by atoms with van der Waals surface area (Å²) in [6.45, 7) is -0.499. The zero-order valence-corrected chi connectivity index (χ0v) is 11.8. The van der Waals surface area contributed by atoms with E-state index in [2.05, 4.69) is 20.3 Å². The molecule has 1 aliphatic rings. The smallest absolute Gasteiger partial charge is 0.330 e. The number of aliphatic hydroxyl groups is 1. The number of carbonyl (C=O) groups excluding carboxylic acids is 2. The summed E-state index contributed by atoms with van der Waals surface area (Å²) >= 11 is 1.25. The summed E-state index contributed by atoms with van der Waals surface area (Å²) in [5.41, 5.74) is 0. The molecule has 0 bridgehead atoms. The summed E-state index contributed by atoms with van der Waals surface area (Å²) < 4.78 is 6.41. The lowest BCUT2D eigenvalue weighted by atomic mass is 10.3. The summed E-state index contributed by atoms with van der Waals surface area (Å²) in [7, 11) is 1.20. The molecule has 1 heterocycles. The summed E-state index contributed by atoms with van der Waals surface area (Å²) in [6.07, 6.45) is 3.86. The Bertz CT molecular complexity index is 489. The van der Waals surface area contributed by atoms with Crippen molar-refractivity contribution in [2.75, 3.05) is 19.5 Å². The topological polar surface area (TPSA) is 106 Å². The number of ether oxygens (including phenoxy) is 1. The van der Waals surface area contributed by atoms with Gasteiger partial charge in [0.05, 0.1) is 19.5 Å². The first kappa shape index (κ1) is 14.8. The van der Waals surface area contributed by atoms with Crippen molar-refractivity contribution < 1.29 is 19.4 Å². The van der Waals surface area contributed by atoms with Crippen LogP contribution in [0.3, 0.4) is 0 Å². The Morgan fingerprint density at radius 1 is 1.65 bits per heavy atom. The first-order chi connectivity index (χ1) is 9.65. The average Bonchev–Trinajstić information content (AvgIpc) is 3.20. The van der Waals surface area contributed by atoms with Crippen molar-refractivity contribution in [1.29, 1.82) is 0 Å². The third kappa shape index (κ3) is 3.70. The number of esters is 1. The molecule has 1 amide bonds. The van der Waals surface area contributed by atoms with Crippen molar-refractivity contribution in [2.45, 2.75) is 30.1 Å². The minimum atomic E-state index is -1.03. The molecule has 1 fully saturated rings. The number of aliphatic hydroxyl groups excluding tert-OH is 1. The molecular weight excluding hydrogens is 284 g/mol. The van der Waals surface area contributed by atoms with Gasteiger partial charge >= 0.3 is 5.97 Å². The zero-order chi connectivity index (χ0) is 14.5. The van der Waals surface area contributed by atoms with Gasteiger partial charge in [-0.15, -0.1) is 10.2 Å². The molecule has 9 heteroatoms. The molecule has 8 nitrogen and oxygen atoms in total. The fourth-order valence-corrected chi connectivity index (χ4v) is 2.42. The molecule has 1 aliphatic carbocycles.